The number of aromatic hydroxyl groups is 3. The molecule has 10 N–H and O–H groups in total. The molecule has 5 rings (SSSR count). The largest absolute Gasteiger partial charge is 0.507 e. The number of aliphatic hydroxyl groups excluding tert-OH is 7. The third kappa shape index (κ3) is 6.42. The van der Waals surface area contributed by atoms with Gasteiger partial charge in [0.05, 0.1) is 19.3 Å². The van der Waals surface area contributed by atoms with E-state index in [4.69, 9.17) is 33.2 Å². The highest BCUT2D eigenvalue weighted by Gasteiger charge is 2.48. The van der Waals surface area contributed by atoms with Gasteiger partial charge in [0.2, 0.25) is 17.5 Å². The lowest BCUT2D eigenvalue weighted by atomic mass is 9.98. The molecule has 0 radical (unpaired) electrons. The highest BCUT2D eigenvalue weighted by molar-refractivity contribution is 5.88. The van der Waals surface area contributed by atoms with E-state index in [-0.39, 0.29) is 35.9 Å². The van der Waals surface area contributed by atoms with Gasteiger partial charge < -0.3 is 79.2 Å². The molecule has 2 aliphatic rings. The van der Waals surface area contributed by atoms with E-state index in [1.165, 1.54) is 19.1 Å². The molecule has 3 aromatic rings. The summed E-state index contributed by atoms with van der Waals surface area (Å²) in [5.74, 6) is -2.73. The van der Waals surface area contributed by atoms with E-state index in [2.05, 4.69) is 0 Å². The van der Waals surface area contributed by atoms with Crippen molar-refractivity contribution in [3.05, 3.63) is 40.6 Å². The second-order valence-corrected chi connectivity index (χ2v) is 10.8. The molecule has 0 unspecified atom stereocenters. The molecule has 2 aromatic carbocycles. The van der Waals surface area contributed by atoms with Crippen molar-refractivity contribution < 1.29 is 79.2 Å². The first-order valence-corrected chi connectivity index (χ1v) is 14.1. The lowest BCUT2D eigenvalue weighted by molar-refractivity contribution is -0.318. The summed E-state index contributed by atoms with van der Waals surface area (Å²) in [4.78, 5) is 13.8. The first kappa shape index (κ1) is 33.6. The summed E-state index contributed by atoms with van der Waals surface area (Å²) in [6.45, 7) is 0.332. The Morgan fingerprint density at radius 1 is 0.783 bits per heavy atom. The van der Waals surface area contributed by atoms with Gasteiger partial charge in [-0.2, -0.15) is 0 Å². The molecular formula is C29H34O17. The number of hydrogen-bond donors (Lipinski definition) is 10. The van der Waals surface area contributed by atoms with Crippen LogP contribution in [-0.4, -0.2) is 132 Å². The fourth-order valence-electron chi connectivity index (χ4n) is 5.07. The Labute approximate surface area is 259 Å². The fraction of sp³-hybridized carbons (Fsp3) is 0.483. The van der Waals surface area contributed by atoms with Crippen LogP contribution in [0.15, 0.2) is 39.5 Å². The third-order valence-electron chi connectivity index (χ3n) is 7.64. The molecule has 17 nitrogen and oxygen atoms in total. The fourth-order valence-corrected chi connectivity index (χ4v) is 5.07. The predicted molar refractivity (Wildman–Crippen MR) is 151 cm³/mol. The number of aliphatic hydroxyl groups is 7. The van der Waals surface area contributed by atoms with Crippen molar-refractivity contribution in [2.45, 2.75) is 68.3 Å². The standard InChI is InChI=1S/C29H34O17/c1-10-19(34)22(37)24(39)28(43-10)42-9-17-20(35)23(38)25(40)29(45-17)46-27-21(36)18-15(33)7-12(41-5-4-30)8-16(18)44-26(27)11-2-3-13(31)14(32)6-11/h2-3,6-8,10,17,19-20,22-25,28-35,37-40H,4-5,9H2,1H3/t10-,17-,19-,20-,22-,23-,24+,25-,28+,29-/m0/s1. The van der Waals surface area contributed by atoms with E-state index in [9.17, 15) is 50.8 Å². The van der Waals surface area contributed by atoms with Gasteiger partial charge in [-0.1, -0.05) is 0 Å². The van der Waals surface area contributed by atoms with Crippen LogP contribution in [0.3, 0.4) is 0 Å². The molecule has 0 bridgehead atoms. The smallest absolute Gasteiger partial charge is 0.239 e. The molecule has 17 heteroatoms. The van der Waals surface area contributed by atoms with Gasteiger partial charge in [0, 0.05) is 17.7 Å². The van der Waals surface area contributed by atoms with Gasteiger partial charge in [-0.05, 0) is 25.1 Å². The summed E-state index contributed by atoms with van der Waals surface area (Å²) >= 11 is 0. The van der Waals surface area contributed by atoms with Gasteiger partial charge in [-0.25, -0.2) is 0 Å². The Bertz CT molecular complexity index is 1590. The molecule has 252 valence electrons. The van der Waals surface area contributed by atoms with E-state index >= 15 is 0 Å². The van der Waals surface area contributed by atoms with Crippen LogP contribution in [0.2, 0.25) is 0 Å². The number of rotatable bonds is 9. The molecule has 46 heavy (non-hydrogen) atoms. The third-order valence-corrected chi connectivity index (χ3v) is 7.64. The maximum absolute atomic E-state index is 13.8. The van der Waals surface area contributed by atoms with Gasteiger partial charge in [0.25, 0.3) is 0 Å². The molecular weight excluding hydrogens is 620 g/mol. The van der Waals surface area contributed by atoms with Crippen LogP contribution >= 0.6 is 0 Å². The molecule has 0 spiro atoms. The summed E-state index contributed by atoms with van der Waals surface area (Å²) < 4.78 is 33.4. The molecule has 0 amide bonds. The Morgan fingerprint density at radius 3 is 2.17 bits per heavy atom. The highest BCUT2D eigenvalue weighted by atomic mass is 16.7. The minimum absolute atomic E-state index is 0.0189. The quantitative estimate of drug-likeness (QED) is 0.111. The monoisotopic (exact) mass is 654 g/mol. The average molecular weight is 655 g/mol. The van der Waals surface area contributed by atoms with Gasteiger partial charge in [-0.15, -0.1) is 0 Å². The Kier molecular flexibility index (Phi) is 9.89. The molecule has 1 aromatic heterocycles. The normalized spacial score (nSPS) is 31.6. The van der Waals surface area contributed by atoms with Crippen LogP contribution in [0.25, 0.3) is 22.3 Å². The van der Waals surface area contributed by atoms with Crippen molar-refractivity contribution in [3.8, 4) is 40.1 Å². The zero-order valence-corrected chi connectivity index (χ0v) is 24.1. The minimum Gasteiger partial charge on any atom is -0.507 e. The second-order valence-electron chi connectivity index (χ2n) is 10.8. The zero-order valence-electron chi connectivity index (χ0n) is 24.1. The van der Waals surface area contributed by atoms with Crippen LogP contribution in [-0.2, 0) is 14.2 Å². The highest BCUT2D eigenvalue weighted by Crippen LogP contribution is 2.39. The van der Waals surface area contributed by atoms with E-state index in [1.807, 2.05) is 0 Å². The first-order chi connectivity index (χ1) is 21.8. The molecule has 0 saturated carbocycles. The maximum atomic E-state index is 13.8. The molecule has 2 aliphatic heterocycles. The number of fused-ring (bicyclic) bond motifs is 1. The van der Waals surface area contributed by atoms with Gasteiger partial charge >= 0.3 is 0 Å². The minimum atomic E-state index is -1.97. The summed E-state index contributed by atoms with van der Waals surface area (Å²) in [5.41, 5.74) is -1.23. The number of benzene rings is 2. The van der Waals surface area contributed by atoms with Crippen LogP contribution in [0.5, 0.6) is 28.7 Å². The number of phenols is 3. The molecule has 10 atom stereocenters. The number of phenolic OH excluding ortho intramolecular Hbond substituents is 3. The van der Waals surface area contributed by atoms with E-state index in [1.54, 1.807) is 0 Å². The predicted octanol–water partition coefficient (Wildman–Crippen LogP) is -2.02. The summed E-state index contributed by atoms with van der Waals surface area (Å²) in [6.07, 6.45) is -16.2. The van der Waals surface area contributed by atoms with Crippen LogP contribution in [0.1, 0.15) is 6.92 Å². The lowest BCUT2D eigenvalue weighted by Gasteiger charge is -2.42. The summed E-state index contributed by atoms with van der Waals surface area (Å²) in [6, 6.07) is 5.72. The number of hydrogen-bond acceptors (Lipinski definition) is 17. The lowest BCUT2D eigenvalue weighted by Crippen LogP contribution is -2.61. The topological polar surface area (TPSA) is 279 Å². The first-order valence-electron chi connectivity index (χ1n) is 14.1. The van der Waals surface area contributed by atoms with Crippen LogP contribution < -0.4 is 14.9 Å². The van der Waals surface area contributed by atoms with Crippen molar-refractivity contribution in [3.63, 3.8) is 0 Å². The van der Waals surface area contributed by atoms with Crippen molar-refractivity contribution >= 4 is 11.0 Å². The van der Waals surface area contributed by atoms with Crippen LogP contribution in [0, 0.1) is 0 Å². The van der Waals surface area contributed by atoms with E-state index in [0.29, 0.717) is 0 Å². The average Bonchev–Trinajstić information content (AvgIpc) is 3.02. The van der Waals surface area contributed by atoms with Gasteiger partial charge in [0.15, 0.2) is 23.5 Å². The second kappa shape index (κ2) is 13.5. The van der Waals surface area contributed by atoms with Gasteiger partial charge in [0.1, 0.15) is 71.8 Å². The Balaban J connectivity index is 1.49. The zero-order chi connectivity index (χ0) is 33.4. The summed E-state index contributed by atoms with van der Waals surface area (Å²) in [5, 5.41) is 101. The summed E-state index contributed by atoms with van der Waals surface area (Å²) in [7, 11) is 0. The Morgan fingerprint density at radius 2 is 1.48 bits per heavy atom. The van der Waals surface area contributed by atoms with Crippen LogP contribution in [0.4, 0.5) is 0 Å². The molecule has 0 aliphatic carbocycles. The van der Waals surface area contributed by atoms with Gasteiger partial charge in [-0.3, -0.25) is 4.79 Å². The van der Waals surface area contributed by atoms with Crippen molar-refractivity contribution in [1.82, 2.24) is 0 Å². The SMILES string of the molecule is C[C@@H]1O[C@@H](OC[C@@H]2O[C@@H](Oc3c(-c4ccc(O)c(O)c4)oc4cc(OCCO)cc(O)c4c3=O)[C@@H](O)[C@@H](O)[C@H]2O)[C@H](O)[C@@H](O)[C@H]1O. The molecule has 3 heterocycles. The van der Waals surface area contributed by atoms with Crippen molar-refractivity contribution in [2.24, 2.45) is 0 Å². The molecule has 2 saturated heterocycles. The maximum Gasteiger partial charge on any atom is 0.239 e. The van der Waals surface area contributed by atoms with Crippen molar-refractivity contribution in [1.29, 1.82) is 0 Å². The number of ether oxygens (including phenoxy) is 5. The van der Waals surface area contributed by atoms with E-state index < -0.39 is 102 Å². The Hall–Kier alpha value is -3.75. The van der Waals surface area contributed by atoms with Crippen molar-refractivity contribution in [2.75, 3.05) is 19.8 Å². The molecule has 2 fully saturated rings. The van der Waals surface area contributed by atoms with E-state index in [0.717, 1.165) is 18.2 Å².